The molecule has 160 valence electrons. The minimum absolute atomic E-state index is 0.0733. The third-order valence-electron chi connectivity index (χ3n) is 5.02. The van der Waals surface area contributed by atoms with E-state index in [1.165, 1.54) is 16.7 Å². The van der Waals surface area contributed by atoms with Crippen molar-refractivity contribution in [1.82, 2.24) is 0 Å². The smallest absolute Gasteiger partial charge is 0.333 e. The lowest BCUT2D eigenvalue weighted by Gasteiger charge is -2.16. The molecule has 0 aliphatic heterocycles. The van der Waals surface area contributed by atoms with Crippen LogP contribution in [0.25, 0.3) is 22.3 Å². The van der Waals surface area contributed by atoms with E-state index in [0.717, 1.165) is 23.1 Å². The molecule has 0 aliphatic carbocycles. The molecule has 4 heteroatoms. The molecule has 0 fully saturated rings. The summed E-state index contributed by atoms with van der Waals surface area (Å²) >= 11 is 0. The summed E-state index contributed by atoms with van der Waals surface area (Å²) in [5.74, 6) is 0.145. The topological polar surface area (TPSA) is 55.8 Å². The van der Waals surface area contributed by atoms with E-state index in [-0.39, 0.29) is 19.8 Å². The fourth-order valence-corrected chi connectivity index (χ4v) is 3.40. The van der Waals surface area contributed by atoms with Crippen molar-refractivity contribution in [3.8, 4) is 28.0 Å². The predicted molar refractivity (Wildman–Crippen MR) is 124 cm³/mol. The zero-order chi connectivity index (χ0) is 22.2. The molecular weight excluding hydrogens is 388 g/mol. The number of aliphatic hydroxyl groups excluding tert-OH is 1. The third-order valence-corrected chi connectivity index (χ3v) is 5.02. The van der Waals surface area contributed by atoms with Gasteiger partial charge >= 0.3 is 5.97 Å². The monoisotopic (exact) mass is 416 g/mol. The first-order valence-corrected chi connectivity index (χ1v) is 10.4. The Kier molecular flexibility index (Phi) is 7.63. The molecule has 3 aromatic rings. The minimum atomic E-state index is -0.444. The Bertz CT molecular complexity index is 1050. The molecule has 0 radical (unpaired) electrons. The van der Waals surface area contributed by atoms with Crippen LogP contribution in [0.15, 0.2) is 78.9 Å². The third kappa shape index (κ3) is 5.62. The molecule has 0 unspecified atom stereocenters. The average molecular weight is 417 g/mol. The number of carbonyl (C=O) groups excluding carboxylic acids is 1. The van der Waals surface area contributed by atoms with E-state index in [1.54, 1.807) is 6.92 Å². The highest BCUT2D eigenvalue weighted by molar-refractivity contribution is 5.87. The number of hydrogen-bond donors (Lipinski definition) is 1. The number of benzene rings is 3. The number of aryl methyl sites for hydroxylation is 1. The summed E-state index contributed by atoms with van der Waals surface area (Å²) in [5, 5.41) is 9.11. The van der Waals surface area contributed by atoms with Crippen molar-refractivity contribution in [3.63, 3.8) is 0 Å². The van der Waals surface area contributed by atoms with Crippen LogP contribution in [0.3, 0.4) is 0 Å². The molecule has 0 bridgehead atoms. The molecule has 0 spiro atoms. The van der Waals surface area contributed by atoms with Crippen LogP contribution in [0, 0.1) is 0 Å². The standard InChI is InChI=1S/C27H28O4/c1-4-20-16-22(21-8-6-5-7-9-21)10-12-25(20)23-11-13-26(30-15-14-28)24(17-23)18-31-27(29)19(2)3/h5-13,16-17,28H,2,4,14-15,18H2,1,3H3. The van der Waals surface area contributed by atoms with E-state index in [4.69, 9.17) is 14.6 Å². The lowest BCUT2D eigenvalue weighted by molar-refractivity contribution is -0.140. The van der Waals surface area contributed by atoms with E-state index in [2.05, 4.69) is 43.8 Å². The van der Waals surface area contributed by atoms with Gasteiger partial charge in [0.2, 0.25) is 0 Å². The van der Waals surface area contributed by atoms with Crippen molar-refractivity contribution in [2.24, 2.45) is 0 Å². The van der Waals surface area contributed by atoms with Gasteiger partial charge in [-0.1, -0.05) is 68.1 Å². The zero-order valence-corrected chi connectivity index (χ0v) is 18.1. The summed E-state index contributed by atoms with van der Waals surface area (Å²) in [6.07, 6.45) is 0.888. The van der Waals surface area contributed by atoms with Crippen LogP contribution in [0.2, 0.25) is 0 Å². The zero-order valence-electron chi connectivity index (χ0n) is 18.1. The molecule has 1 N–H and O–H groups in total. The molecule has 31 heavy (non-hydrogen) atoms. The van der Waals surface area contributed by atoms with E-state index in [1.807, 2.05) is 36.4 Å². The van der Waals surface area contributed by atoms with Crippen LogP contribution in [-0.2, 0) is 22.6 Å². The fraction of sp³-hybridized carbons (Fsp3) is 0.222. The molecule has 0 heterocycles. The van der Waals surface area contributed by atoms with Gasteiger partial charge in [-0.05, 0) is 53.3 Å². The van der Waals surface area contributed by atoms with E-state index in [9.17, 15) is 4.79 Å². The first-order valence-electron chi connectivity index (χ1n) is 10.4. The molecule has 0 saturated heterocycles. The van der Waals surface area contributed by atoms with E-state index in [0.29, 0.717) is 11.3 Å². The molecule has 0 aromatic heterocycles. The molecule has 4 nitrogen and oxygen atoms in total. The number of hydrogen-bond acceptors (Lipinski definition) is 4. The van der Waals surface area contributed by atoms with Crippen LogP contribution >= 0.6 is 0 Å². The van der Waals surface area contributed by atoms with Gasteiger partial charge in [0.1, 0.15) is 19.0 Å². The Morgan fingerprint density at radius 2 is 1.65 bits per heavy atom. The molecule has 0 atom stereocenters. The largest absolute Gasteiger partial charge is 0.491 e. The lowest BCUT2D eigenvalue weighted by Crippen LogP contribution is -2.08. The van der Waals surface area contributed by atoms with Gasteiger partial charge in [0.25, 0.3) is 0 Å². The number of esters is 1. The summed E-state index contributed by atoms with van der Waals surface area (Å²) in [5.41, 5.74) is 6.84. The highest BCUT2D eigenvalue weighted by atomic mass is 16.5. The van der Waals surface area contributed by atoms with Crippen molar-refractivity contribution in [3.05, 3.63) is 90.0 Å². The van der Waals surface area contributed by atoms with Crippen molar-refractivity contribution >= 4 is 5.97 Å². The van der Waals surface area contributed by atoms with Gasteiger partial charge in [0, 0.05) is 11.1 Å². The number of carbonyl (C=O) groups is 1. The Balaban J connectivity index is 1.96. The van der Waals surface area contributed by atoms with Crippen molar-refractivity contribution < 1.29 is 19.4 Å². The van der Waals surface area contributed by atoms with Crippen molar-refractivity contribution in [1.29, 1.82) is 0 Å². The van der Waals surface area contributed by atoms with Crippen LogP contribution in [0.4, 0.5) is 0 Å². The van der Waals surface area contributed by atoms with Gasteiger partial charge in [-0.3, -0.25) is 0 Å². The van der Waals surface area contributed by atoms with Crippen molar-refractivity contribution in [2.45, 2.75) is 26.9 Å². The highest BCUT2D eigenvalue weighted by Gasteiger charge is 2.13. The van der Waals surface area contributed by atoms with Crippen LogP contribution < -0.4 is 4.74 Å². The summed E-state index contributed by atoms with van der Waals surface area (Å²) in [4.78, 5) is 11.9. The summed E-state index contributed by atoms with van der Waals surface area (Å²) in [7, 11) is 0. The molecule has 0 aliphatic rings. The van der Waals surface area contributed by atoms with Gasteiger partial charge in [-0.25, -0.2) is 4.79 Å². The average Bonchev–Trinajstić information content (AvgIpc) is 2.81. The van der Waals surface area contributed by atoms with Crippen molar-refractivity contribution in [2.75, 3.05) is 13.2 Å². The van der Waals surface area contributed by atoms with Gasteiger partial charge < -0.3 is 14.6 Å². The first kappa shape index (κ1) is 22.3. The van der Waals surface area contributed by atoms with Crippen LogP contribution in [0.5, 0.6) is 5.75 Å². The maximum Gasteiger partial charge on any atom is 0.333 e. The Morgan fingerprint density at radius 1 is 0.935 bits per heavy atom. The maximum absolute atomic E-state index is 11.9. The Labute approximate surface area is 183 Å². The lowest BCUT2D eigenvalue weighted by atomic mass is 9.93. The Hall–Kier alpha value is -3.37. The van der Waals surface area contributed by atoms with E-state index >= 15 is 0 Å². The van der Waals surface area contributed by atoms with E-state index < -0.39 is 5.97 Å². The molecule has 3 rings (SSSR count). The van der Waals surface area contributed by atoms with Crippen LogP contribution in [0.1, 0.15) is 25.0 Å². The minimum Gasteiger partial charge on any atom is -0.491 e. The van der Waals surface area contributed by atoms with Crippen LogP contribution in [-0.4, -0.2) is 24.3 Å². The highest BCUT2D eigenvalue weighted by Crippen LogP contribution is 2.32. The quantitative estimate of drug-likeness (QED) is 0.366. The number of rotatable bonds is 9. The number of aliphatic hydroxyl groups is 1. The Morgan fingerprint density at radius 3 is 2.32 bits per heavy atom. The van der Waals surface area contributed by atoms with Gasteiger partial charge in [0.15, 0.2) is 0 Å². The predicted octanol–water partition coefficient (Wildman–Crippen LogP) is 5.57. The van der Waals surface area contributed by atoms with Gasteiger partial charge in [0.05, 0.1) is 6.61 Å². The second kappa shape index (κ2) is 10.6. The summed E-state index contributed by atoms with van der Waals surface area (Å²) in [6, 6.07) is 22.6. The molecular formula is C27H28O4. The van der Waals surface area contributed by atoms with Gasteiger partial charge in [-0.15, -0.1) is 0 Å². The first-order chi connectivity index (χ1) is 15.0. The maximum atomic E-state index is 11.9. The fourth-order valence-electron chi connectivity index (χ4n) is 3.40. The SMILES string of the molecule is C=C(C)C(=O)OCc1cc(-c2ccc(-c3ccccc3)cc2CC)ccc1OCCO. The summed E-state index contributed by atoms with van der Waals surface area (Å²) < 4.78 is 11.0. The molecule has 3 aromatic carbocycles. The number of ether oxygens (including phenoxy) is 2. The normalized spacial score (nSPS) is 10.5. The molecule has 0 amide bonds. The second-order valence-corrected chi connectivity index (χ2v) is 7.34. The second-order valence-electron chi connectivity index (χ2n) is 7.34. The van der Waals surface area contributed by atoms with Gasteiger partial charge in [-0.2, -0.15) is 0 Å². The summed E-state index contributed by atoms with van der Waals surface area (Å²) in [6.45, 7) is 7.53. The molecule has 0 saturated carbocycles.